The van der Waals surface area contributed by atoms with Crippen LogP contribution in [0.2, 0.25) is 0 Å². The lowest BCUT2D eigenvalue weighted by atomic mass is 10.1. The van der Waals surface area contributed by atoms with Crippen molar-refractivity contribution in [2.45, 2.75) is 63.9 Å². The van der Waals surface area contributed by atoms with Crippen molar-refractivity contribution in [3.8, 4) is 0 Å². The van der Waals surface area contributed by atoms with Crippen LogP contribution in [-0.2, 0) is 4.74 Å². The number of carbonyl (C=O) groups excluding carboxylic acids is 1. The van der Waals surface area contributed by atoms with Gasteiger partial charge >= 0.3 is 5.97 Å². The van der Waals surface area contributed by atoms with Crippen molar-refractivity contribution < 1.29 is 9.53 Å². The maximum absolute atomic E-state index is 12.1. The van der Waals surface area contributed by atoms with Gasteiger partial charge in [-0.2, -0.15) is 0 Å². The van der Waals surface area contributed by atoms with Crippen molar-refractivity contribution >= 4 is 18.6 Å². The molecule has 1 unspecified atom stereocenters. The van der Waals surface area contributed by atoms with E-state index < -0.39 is 0 Å². The zero-order valence-corrected chi connectivity index (χ0v) is 13.0. The summed E-state index contributed by atoms with van der Waals surface area (Å²) in [6.45, 7) is 6.07. The van der Waals surface area contributed by atoms with Gasteiger partial charge in [-0.3, -0.25) is 0 Å². The topological polar surface area (TPSA) is 26.3 Å². The average molecular weight is 280 g/mol. The Bertz CT molecular complexity index is 415. The fraction of sp³-hybridized carbons (Fsp3) is 0.562. The molecule has 0 spiro atoms. The molecule has 1 atom stereocenters. The number of ether oxygens (including phenoxy) is 1. The molecule has 1 rings (SSSR count). The maximum atomic E-state index is 12.1. The van der Waals surface area contributed by atoms with E-state index in [2.05, 4.69) is 19.6 Å². The van der Waals surface area contributed by atoms with Gasteiger partial charge in [-0.15, -0.1) is 12.6 Å². The van der Waals surface area contributed by atoms with Crippen molar-refractivity contribution in [3.05, 3.63) is 29.3 Å². The normalized spacial score (nSPS) is 12.2. The number of esters is 1. The quantitative estimate of drug-likeness (QED) is 0.441. The second-order valence-corrected chi connectivity index (χ2v) is 5.58. The van der Waals surface area contributed by atoms with E-state index in [1.807, 2.05) is 26.0 Å². The molecule has 0 aliphatic carbocycles. The Hall–Kier alpha value is -0.960. The maximum Gasteiger partial charge on any atom is 0.338 e. The van der Waals surface area contributed by atoms with Crippen LogP contribution in [0.4, 0.5) is 0 Å². The van der Waals surface area contributed by atoms with Crippen molar-refractivity contribution in [2.75, 3.05) is 0 Å². The minimum Gasteiger partial charge on any atom is -0.459 e. The lowest BCUT2D eigenvalue weighted by Crippen LogP contribution is -2.16. The summed E-state index contributed by atoms with van der Waals surface area (Å²) in [4.78, 5) is 12.8. The first-order valence-corrected chi connectivity index (χ1v) is 7.50. The molecule has 3 heteroatoms. The number of aryl methyl sites for hydroxylation is 1. The van der Waals surface area contributed by atoms with Crippen LogP contribution in [0, 0.1) is 6.92 Å². The third-order valence-corrected chi connectivity index (χ3v) is 3.49. The van der Waals surface area contributed by atoms with Crippen molar-refractivity contribution in [1.29, 1.82) is 0 Å². The van der Waals surface area contributed by atoms with E-state index in [0.717, 1.165) is 23.3 Å². The zero-order chi connectivity index (χ0) is 14.3. The fourth-order valence-corrected chi connectivity index (χ4v) is 2.20. The first-order valence-electron chi connectivity index (χ1n) is 7.05. The third kappa shape index (κ3) is 5.68. The Morgan fingerprint density at radius 1 is 1.32 bits per heavy atom. The minimum atomic E-state index is -0.239. The highest BCUT2D eigenvalue weighted by molar-refractivity contribution is 7.80. The van der Waals surface area contributed by atoms with Crippen molar-refractivity contribution in [1.82, 2.24) is 0 Å². The molecular weight excluding hydrogens is 256 g/mol. The number of hydrogen-bond acceptors (Lipinski definition) is 3. The molecule has 0 aliphatic rings. The smallest absolute Gasteiger partial charge is 0.338 e. The monoisotopic (exact) mass is 280 g/mol. The van der Waals surface area contributed by atoms with Crippen LogP contribution in [-0.4, -0.2) is 12.1 Å². The lowest BCUT2D eigenvalue weighted by molar-refractivity contribution is 0.0318. The number of unbranched alkanes of at least 4 members (excludes halogenated alkanes) is 3. The van der Waals surface area contributed by atoms with Gasteiger partial charge < -0.3 is 4.74 Å². The summed E-state index contributed by atoms with van der Waals surface area (Å²) in [5.41, 5.74) is 1.55. The van der Waals surface area contributed by atoms with Crippen molar-refractivity contribution in [2.24, 2.45) is 0 Å². The summed E-state index contributed by atoms with van der Waals surface area (Å²) in [6.07, 6.45) is 5.72. The number of carbonyl (C=O) groups is 1. The molecule has 2 nitrogen and oxygen atoms in total. The molecule has 0 N–H and O–H groups in total. The van der Waals surface area contributed by atoms with Gasteiger partial charge in [0.2, 0.25) is 0 Å². The number of hydrogen-bond donors (Lipinski definition) is 1. The first-order chi connectivity index (χ1) is 9.04. The summed E-state index contributed by atoms with van der Waals surface area (Å²) in [6, 6.07) is 5.54. The summed E-state index contributed by atoms with van der Waals surface area (Å²) >= 11 is 4.26. The van der Waals surface area contributed by atoms with E-state index in [4.69, 9.17) is 4.74 Å². The van der Waals surface area contributed by atoms with Gasteiger partial charge in [0.25, 0.3) is 0 Å². The molecule has 0 saturated heterocycles. The van der Waals surface area contributed by atoms with Gasteiger partial charge in [0.05, 0.1) is 11.7 Å². The van der Waals surface area contributed by atoms with Crippen LogP contribution in [0.25, 0.3) is 0 Å². The molecule has 106 valence electrons. The molecule has 1 aromatic rings. The van der Waals surface area contributed by atoms with Crippen LogP contribution in [0.1, 0.15) is 61.9 Å². The predicted molar refractivity (Wildman–Crippen MR) is 82.1 cm³/mol. The second kappa shape index (κ2) is 8.26. The van der Waals surface area contributed by atoms with E-state index in [-0.39, 0.29) is 12.1 Å². The number of rotatable bonds is 7. The zero-order valence-electron chi connectivity index (χ0n) is 12.1. The SMILES string of the molecule is CCCCCCC(C)OC(=O)c1cc(S)ccc1C. The van der Waals surface area contributed by atoms with Crippen LogP contribution in [0.5, 0.6) is 0 Å². The number of thiol groups is 1. The Kier molecular flexibility index (Phi) is 7.00. The summed E-state index contributed by atoms with van der Waals surface area (Å²) in [5, 5.41) is 0. The van der Waals surface area contributed by atoms with E-state index >= 15 is 0 Å². The van der Waals surface area contributed by atoms with Gasteiger partial charge in [0, 0.05) is 4.90 Å². The molecule has 0 saturated carbocycles. The molecule has 0 amide bonds. The highest BCUT2D eigenvalue weighted by Gasteiger charge is 2.14. The minimum absolute atomic E-state index is 0.0210. The van der Waals surface area contributed by atoms with Gasteiger partial charge in [-0.25, -0.2) is 4.79 Å². The van der Waals surface area contributed by atoms with E-state index in [0.29, 0.717) is 5.56 Å². The average Bonchev–Trinajstić information content (AvgIpc) is 2.37. The molecule has 0 radical (unpaired) electrons. The standard InChI is InChI=1S/C16H24O2S/c1-4-5-6-7-8-13(3)18-16(17)15-11-14(19)10-9-12(15)2/h9-11,13,19H,4-8H2,1-3H3. The highest BCUT2D eigenvalue weighted by atomic mass is 32.1. The van der Waals surface area contributed by atoms with Gasteiger partial charge in [0.1, 0.15) is 0 Å². The van der Waals surface area contributed by atoms with Crippen LogP contribution >= 0.6 is 12.6 Å². The molecule has 0 heterocycles. The van der Waals surface area contributed by atoms with Crippen molar-refractivity contribution in [3.63, 3.8) is 0 Å². The first kappa shape index (κ1) is 16.1. The summed E-state index contributed by atoms with van der Waals surface area (Å²) in [7, 11) is 0. The van der Waals surface area contributed by atoms with Gasteiger partial charge in [0.15, 0.2) is 0 Å². The highest BCUT2D eigenvalue weighted by Crippen LogP contribution is 2.17. The summed E-state index contributed by atoms with van der Waals surface area (Å²) < 4.78 is 5.48. The van der Waals surface area contributed by atoms with Gasteiger partial charge in [-0.05, 0) is 44.4 Å². The van der Waals surface area contributed by atoms with Crippen LogP contribution in [0.3, 0.4) is 0 Å². The lowest BCUT2D eigenvalue weighted by Gasteiger charge is -2.14. The fourth-order valence-electron chi connectivity index (χ4n) is 1.99. The number of benzene rings is 1. The molecule has 0 bridgehead atoms. The van der Waals surface area contributed by atoms with Crippen LogP contribution in [0.15, 0.2) is 23.1 Å². The van der Waals surface area contributed by atoms with E-state index in [1.54, 1.807) is 6.07 Å². The largest absolute Gasteiger partial charge is 0.459 e. The molecule has 0 fully saturated rings. The molecule has 0 aromatic heterocycles. The Morgan fingerprint density at radius 2 is 2.05 bits per heavy atom. The van der Waals surface area contributed by atoms with E-state index in [1.165, 1.54) is 19.3 Å². The third-order valence-electron chi connectivity index (χ3n) is 3.21. The predicted octanol–water partition coefficient (Wildman–Crippen LogP) is 4.80. The molecule has 19 heavy (non-hydrogen) atoms. The molecule has 0 aliphatic heterocycles. The Labute approximate surface area is 122 Å². The van der Waals surface area contributed by atoms with Gasteiger partial charge in [-0.1, -0.05) is 32.3 Å². The van der Waals surface area contributed by atoms with E-state index in [9.17, 15) is 4.79 Å². The summed E-state index contributed by atoms with van der Waals surface area (Å²) in [5.74, 6) is -0.239. The Morgan fingerprint density at radius 3 is 2.74 bits per heavy atom. The Balaban J connectivity index is 2.47. The molecular formula is C16H24O2S. The second-order valence-electron chi connectivity index (χ2n) is 5.06. The van der Waals surface area contributed by atoms with Crippen LogP contribution < -0.4 is 0 Å². The molecule has 1 aromatic carbocycles.